The quantitative estimate of drug-likeness (QED) is 0.793. The van der Waals surface area contributed by atoms with Crippen LogP contribution in [0.5, 0.6) is 17.2 Å². The van der Waals surface area contributed by atoms with Gasteiger partial charge in [0, 0.05) is 11.6 Å². The van der Waals surface area contributed by atoms with Crippen LogP contribution in [0.4, 0.5) is 0 Å². The number of allylic oxidation sites excluding steroid dienone is 3. The molecule has 3 heteroatoms. The molecule has 0 atom stereocenters. The summed E-state index contributed by atoms with van der Waals surface area (Å²) in [5, 5.41) is 9.81. The molecule has 86 valence electrons. The van der Waals surface area contributed by atoms with Crippen molar-refractivity contribution in [2.24, 2.45) is 0 Å². The second kappa shape index (κ2) is 5.26. The minimum atomic E-state index is 0.126. The van der Waals surface area contributed by atoms with E-state index in [4.69, 9.17) is 9.47 Å². The second-order valence-corrected chi connectivity index (χ2v) is 3.25. The van der Waals surface area contributed by atoms with E-state index < -0.39 is 0 Å². The zero-order chi connectivity index (χ0) is 12.1. The van der Waals surface area contributed by atoms with Crippen LogP contribution in [0.1, 0.15) is 12.5 Å². The Morgan fingerprint density at radius 3 is 2.31 bits per heavy atom. The maximum atomic E-state index is 9.81. The number of hydrogen-bond acceptors (Lipinski definition) is 3. The zero-order valence-electron chi connectivity index (χ0n) is 9.78. The summed E-state index contributed by atoms with van der Waals surface area (Å²) >= 11 is 0. The highest BCUT2D eigenvalue weighted by Gasteiger charge is 2.11. The third-order valence-electron chi connectivity index (χ3n) is 2.22. The standard InChI is InChI=1S/C13H16O3/c1-5-6-9(2)10-7-12(15-3)13(16-4)8-11(10)14/h5-8,14H,2H2,1,3-4H3/b6-5-. The van der Waals surface area contributed by atoms with Gasteiger partial charge >= 0.3 is 0 Å². The molecule has 3 nitrogen and oxygen atoms in total. The van der Waals surface area contributed by atoms with Crippen molar-refractivity contribution in [3.05, 3.63) is 36.4 Å². The average molecular weight is 220 g/mol. The van der Waals surface area contributed by atoms with Crippen LogP contribution in [0, 0.1) is 0 Å². The summed E-state index contributed by atoms with van der Waals surface area (Å²) in [7, 11) is 3.08. The predicted octanol–water partition coefficient (Wildman–Crippen LogP) is 3.00. The van der Waals surface area contributed by atoms with Gasteiger partial charge in [0.15, 0.2) is 11.5 Å². The van der Waals surface area contributed by atoms with Gasteiger partial charge in [-0.05, 0) is 18.6 Å². The molecule has 0 radical (unpaired) electrons. The maximum Gasteiger partial charge on any atom is 0.164 e. The molecule has 1 N–H and O–H groups in total. The van der Waals surface area contributed by atoms with Crippen molar-refractivity contribution >= 4 is 5.57 Å². The number of aromatic hydroxyl groups is 1. The highest BCUT2D eigenvalue weighted by molar-refractivity contribution is 5.77. The van der Waals surface area contributed by atoms with Gasteiger partial charge in [-0.3, -0.25) is 0 Å². The minimum Gasteiger partial charge on any atom is -0.507 e. The van der Waals surface area contributed by atoms with Crippen molar-refractivity contribution in [3.8, 4) is 17.2 Å². The van der Waals surface area contributed by atoms with E-state index in [1.54, 1.807) is 13.2 Å². The Bertz CT molecular complexity index is 419. The third-order valence-corrected chi connectivity index (χ3v) is 2.22. The molecule has 1 aromatic rings. The van der Waals surface area contributed by atoms with Gasteiger partial charge in [0.05, 0.1) is 14.2 Å². The van der Waals surface area contributed by atoms with E-state index in [1.165, 1.54) is 13.2 Å². The molecule has 0 amide bonds. The lowest BCUT2D eigenvalue weighted by molar-refractivity contribution is 0.351. The summed E-state index contributed by atoms with van der Waals surface area (Å²) in [6, 6.07) is 3.22. The molecule has 1 rings (SSSR count). The summed E-state index contributed by atoms with van der Waals surface area (Å²) in [4.78, 5) is 0. The molecule has 0 unspecified atom stereocenters. The van der Waals surface area contributed by atoms with Crippen molar-refractivity contribution in [2.45, 2.75) is 6.92 Å². The Morgan fingerprint density at radius 2 is 1.81 bits per heavy atom. The lowest BCUT2D eigenvalue weighted by atomic mass is 10.1. The van der Waals surface area contributed by atoms with Gasteiger partial charge in [-0.15, -0.1) is 0 Å². The Hall–Kier alpha value is -1.90. The van der Waals surface area contributed by atoms with E-state index >= 15 is 0 Å². The van der Waals surface area contributed by atoms with E-state index in [-0.39, 0.29) is 5.75 Å². The fourth-order valence-electron chi connectivity index (χ4n) is 1.42. The van der Waals surface area contributed by atoms with E-state index in [2.05, 4.69) is 6.58 Å². The first-order chi connectivity index (χ1) is 7.63. The van der Waals surface area contributed by atoms with Crippen LogP contribution in [0.2, 0.25) is 0 Å². The number of phenols is 1. The lowest BCUT2D eigenvalue weighted by Crippen LogP contribution is -1.92. The third kappa shape index (κ3) is 2.37. The molecule has 0 aliphatic rings. The molecular weight excluding hydrogens is 204 g/mol. The van der Waals surface area contributed by atoms with Crippen molar-refractivity contribution < 1.29 is 14.6 Å². The molecular formula is C13H16O3. The number of phenolic OH excluding ortho intramolecular Hbond substituents is 1. The van der Waals surface area contributed by atoms with E-state index in [0.29, 0.717) is 17.1 Å². The number of hydrogen-bond donors (Lipinski definition) is 1. The smallest absolute Gasteiger partial charge is 0.164 e. The van der Waals surface area contributed by atoms with Crippen LogP contribution in [0.25, 0.3) is 5.57 Å². The van der Waals surface area contributed by atoms with Crippen LogP contribution in [-0.4, -0.2) is 19.3 Å². The monoisotopic (exact) mass is 220 g/mol. The van der Waals surface area contributed by atoms with Crippen molar-refractivity contribution in [3.63, 3.8) is 0 Å². The first kappa shape index (κ1) is 12.2. The van der Waals surface area contributed by atoms with E-state index in [0.717, 1.165) is 5.57 Å². The number of methoxy groups -OCH3 is 2. The van der Waals surface area contributed by atoms with E-state index in [1.807, 2.05) is 19.1 Å². The van der Waals surface area contributed by atoms with Crippen LogP contribution < -0.4 is 9.47 Å². The Balaban J connectivity index is 3.26. The summed E-state index contributed by atoms with van der Waals surface area (Å²) in [5.41, 5.74) is 1.36. The number of rotatable bonds is 4. The molecule has 0 fully saturated rings. The number of ether oxygens (including phenoxy) is 2. The Labute approximate surface area is 95.6 Å². The van der Waals surface area contributed by atoms with E-state index in [9.17, 15) is 5.11 Å². The largest absolute Gasteiger partial charge is 0.507 e. The van der Waals surface area contributed by atoms with Gasteiger partial charge in [-0.25, -0.2) is 0 Å². The van der Waals surface area contributed by atoms with Gasteiger partial charge in [0.1, 0.15) is 5.75 Å². The first-order valence-corrected chi connectivity index (χ1v) is 4.91. The molecule has 0 spiro atoms. The average Bonchev–Trinajstić information content (AvgIpc) is 2.28. The van der Waals surface area contributed by atoms with Gasteiger partial charge in [0.25, 0.3) is 0 Å². The summed E-state index contributed by atoms with van der Waals surface area (Å²) in [5.74, 6) is 1.19. The second-order valence-electron chi connectivity index (χ2n) is 3.25. The van der Waals surface area contributed by atoms with Crippen molar-refractivity contribution in [1.29, 1.82) is 0 Å². The molecule has 0 aromatic heterocycles. The molecule has 16 heavy (non-hydrogen) atoms. The predicted molar refractivity (Wildman–Crippen MR) is 65.1 cm³/mol. The van der Waals surface area contributed by atoms with Gasteiger partial charge in [-0.2, -0.15) is 0 Å². The molecule has 0 bridgehead atoms. The lowest BCUT2D eigenvalue weighted by Gasteiger charge is -2.11. The SMILES string of the molecule is C=C(/C=C\C)c1cc(OC)c(OC)cc1O. The molecule has 0 saturated heterocycles. The summed E-state index contributed by atoms with van der Waals surface area (Å²) in [6.45, 7) is 5.76. The Kier molecular flexibility index (Phi) is 4.00. The molecule has 0 aliphatic heterocycles. The number of benzene rings is 1. The normalized spacial score (nSPS) is 10.4. The highest BCUT2D eigenvalue weighted by atomic mass is 16.5. The molecule has 0 aliphatic carbocycles. The topological polar surface area (TPSA) is 38.7 Å². The fraction of sp³-hybridized carbons (Fsp3) is 0.231. The Morgan fingerprint density at radius 1 is 1.25 bits per heavy atom. The first-order valence-electron chi connectivity index (χ1n) is 4.91. The van der Waals surface area contributed by atoms with Crippen molar-refractivity contribution in [1.82, 2.24) is 0 Å². The molecule has 1 aromatic carbocycles. The fourth-order valence-corrected chi connectivity index (χ4v) is 1.42. The van der Waals surface area contributed by atoms with Crippen molar-refractivity contribution in [2.75, 3.05) is 14.2 Å². The zero-order valence-corrected chi connectivity index (χ0v) is 9.78. The maximum absolute atomic E-state index is 9.81. The van der Waals surface area contributed by atoms with Crippen LogP contribution in [0.15, 0.2) is 30.9 Å². The minimum absolute atomic E-state index is 0.126. The van der Waals surface area contributed by atoms with Gasteiger partial charge in [-0.1, -0.05) is 18.7 Å². The molecule has 0 saturated carbocycles. The van der Waals surface area contributed by atoms with Crippen LogP contribution >= 0.6 is 0 Å². The summed E-state index contributed by atoms with van der Waals surface area (Å²) < 4.78 is 10.2. The highest BCUT2D eigenvalue weighted by Crippen LogP contribution is 2.36. The molecule has 0 heterocycles. The summed E-state index contributed by atoms with van der Waals surface area (Å²) in [6.07, 6.45) is 3.68. The van der Waals surface area contributed by atoms with Gasteiger partial charge in [0.2, 0.25) is 0 Å². The van der Waals surface area contributed by atoms with Gasteiger partial charge < -0.3 is 14.6 Å². The van der Waals surface area contributed by atoms with Crippen LogP contribution in [-0.2, 0) is 0 Å². The van der Waals surface area contributed by atoms with Crippen LogP contribution in [0.3, 0.4) is 0 Å².